The van der Waals surface area contributed by atoms with Crippen molar-refractivity contribution in [2.75, 3.05) is 19.8 Å². The molecular formula is C55H102O10. The van der Waals surface area contributed by atoms with E-state index in [-0.39, 0.29) is 26.1 Å². The van der Waals surface area contributed by atoms with E-state index < -0.39 is 55.4 Å². The van der Waals surface area contributed by atoms with Crippen LogP contribution < -0.4 is 0 Å². The standard InChI is InChI=1S/C55H102O10/c1-3-5-7-9-11-13-15-17-19-21-22-23-24-25-26-28-29-31-33-35-37-39-41-43-50(57)62-46-48(47-63-55-54(61)53(60)52(59)49(45-56)65-55)64-51(58)44-42-40-38-36-34-32-30-27-20-18-16-14-12-10-8-6-4-2/h28-29,35,37,48-49,52-56,59-61H,3-27,30-34,36,38-47H2,1-2H3/b29-28+,37-35+/t48-,49-,52+,53?,54?,55-/m0/s1. The second-order valence-corrected chi connectivity index (χ2v) is 19.0. The quantitative estimate of drug-likeness (QED) is 0.0264. The van der Waals surface area contributed by atoms with Gasteiger partial charge in [-0.1, -0.05) is 224 Å². The van der Waals surface area contributed by atoms with Crippen LogP contribution in [0.4, 0.5) is 0 Å². The van der Waals surface area contributed by atoms with E-state index in [1.165, 1.54) is 173 Å². The molecule has 0 aromatic rings. The number of hydrogen-bond acceptors (Lipinski definition) is 10. The van der Waals surface area contributed by atoms with E-state index in [1.807, 2.05) is 0 Å². The van der Waals surface area contributed by atoms with E-state index in [0.29, 0.717) is 12.8 Å². The van der Waals surface area contributed by atoms with Crippen LogP contribution in [0, 0.1) is 0 Å². The van der Waals surface area contributed by atoms with E-state index in [0.717, 1.165) is 44.9 Å². The second kappa shape index (κ2) is 45.9. The summed E-state index contributed by atoms with van der Waals surface area (Å²) in [5.74, 6) is -0.842. The minimum absolute atomic E-state index is 0.219. The number of aliphatic hydroxyl groups excluding tert-OH is 4. The van der Waals surface area contributed by atoms with Gasteiger partial charge in [0, 0.05) is 12.8 Å². The minimum atomic E-state index is -1.60. The number of hydrogen-bond donors (Lipinski definition) is 4. The monoisotopic (exact) mass is 923 g/mol. The molecule has 0 amide bonds. The lowest BCUT2D eigenvalue weighted by molar-refractivity contribution is -0.305. The highest BCUT2D eigenvalue weighted by Crippen LogP contribution is 2.23. The maximum atomic E-state index is 12.8. The fraction of sp³-hybridized carbons (Fsp3) is 0.891. The van der Waals surface area contributed by atoms with Crippen molar-refractivity contribution >= 4 is 11.9 Å². The van der Waals surface area contributed by atoms with Gasteiger partial charge in [0.1, 0.15) is 31.0 Å². The molecule has 0 saturated carbocycles. The minimum Gasteiger partial charge on any atom is -0.462 e. The number of allylic oxidation sites excluding steroid dienone is 4. The van der Waals surface area contributed by atoms with Crippen LogP contribution in [0.2, 0.25) is 0 Å². The van der Waals surface area contributed by atoms with Gasteiger partial charge in [-0.2, -0.15) is 0 Å². The zero-order valence-electron chi connectivity index (χ0n) is 42.0. The Morgan fingerprint density at radius 2 is 0.846 bits per heavy atom. The predicted octanol–water partition coefficient (Wildman–Crippen LogP) is 13.2. The smallest absolute Gasteiger partial charge is 0.306 e. The number of carbonyl (C=O) groups excluding carboxylic acids is 2. The molecule has 10 nitrogen and oxygen atoms in total. The summed E-state index contributed by atoms with van der Waals surface area (Å²) < 4.78 is 22.2. The third-order valence-electron chi connectivity index (χ3n) is 12.8. The van der Waals surface area contributed by atoms with Gasteiger partial charge in [-0.25, -0.2) is 0 Å². The van der Waals surface area contributed by atoms with Crippen molar-refractivity contribution in [1.82, 2.24) is 0 Å². The maximum Gasteiger partial charge on any atom is 0.306 e. The van der Waals surface area contributed by atoms with E-state index in [9.17, 15) is 30.0 Å². The van der Waals surface area contributed by atoms with Crippen molar-refractivity contribution in [2.24, 2.45) is 0 Å². The molecule has 1 aliphatic heterocycles. The first-order chi connectivity index (χ1) is 31.8. The van der Waals surface area contributed by atoms with E-state index in [2.05, 4.69) is 38.2 Å². The number of unbranched alkanes of at least 4 members (excludes halogenated alkanes) is 32. The topological polar surface area (TPSA) is 152 Å². The number of rotatable bonds is 47. The summed E-state index contributed by atoms with van der Waals surface area (Å²) in [6, 6.07) is 0. The molecule has 0 aliphatic carbocycles. The van der Waals surface area contributed by atoms with Gasteiger partial charge in [0.05, 0.1) is 13.2 Å². The highest BCUT2D eigenvalue weighted by Gasteiger charge is 2.44. The van der Waals surface area contributed by atoms with Crippen molar-refractivity contribution in [1.29, 1.82) is 0 Å². The lowest BCUT2D eigenvalue weighted by Gasteiger charge is -2.39. The number of ether oxygens (including phenoxy) is 4. The predicted molar refractivity (Wildman–Crippen MR) is 266 cm³/mol. The van der Waals surface area contributed by atoms with Gasteiger partial charge in [-0.3, -0.25) is 9.59 Å². The molecule has 4 N–H and O–H groups in total. The molecule has 0 radical (unpaired) electrons. The fourth-order valence-electron chi connectivity index (χ4n) is 8.51. The van der Waals surface area contributed by atoms with Crippen LogP contribution >= 0.6 is 0 Å². The summed E-state index contributed by atoms with van der Waals surface area (Å²) in [6.07, 6.45) is 46.3. The zero-order valence-corrected chi connectivity index (χ0v) is 42.0. The molecule has 10 heteroatoms. The molecule has 6 atom stereocenters. The van der Waals surface area contributed by atoms with E-state index in [1.54, 1.807) is 0 Å². The summed E-state index contributed by atoms with van der Waals surface area (Å²) in [5, 5.41) is 40.2. The highest BCUT2D eigenvalue weighted by molar-refractivity contribution is 5.70. The van der Waals surface area contributed by atoms with Crippen molar-refractivity contribution in [3.8, 4) is 0 Å². The summed E-state index contributed by atoms with van der Waals surface area (Å²) in [7, 11) is 0. The van der Waals surface area contributed by atoms with Crippen LogP contribution in [0.25, 0.3) is 0 Å². The fourth-order valence-corrected chi connectivity index (χ4v) is 8.51. The maximum absolute atomic E-state index is 12.8. The van der Waals surface area contributed by atoms with Crippen molar-refractivity contribution in [3.63, 3.8) is 0 Å². The Morgan fingerprint density at radius 1 is 0.462 bits per heavy atom. The van der Waals surface area contributed by atoms with Crippen LogP contribution in [-0.4, -0.2) is 89.0 Å². The largest absolute Gasteiger partial charge is 0.462 e. The van der Waals surface area contributed by atoms with Crippen LogP contribution in [0.5, 0.6) is 0 Å². The lowest BCUT2D eigenvalue weighted by Crippen LogP contribution is -2.59. The van der Waals surface area contributed by atoms with Gasteiger partial charge < -0.3 is 39.4 Å². The normalized spacial score (nSPS) is 19.4. The summed E-state index contributed by atoms with van der Waals surface area (Å²) in [5.41, 5.74) is 0. The molecule has 1 heterocycles. The first kappa shape index (κ1) is 61.2. The molecule has 2 unspecified atom stereocenters. The number of esters is 2. The van der Waals surface area contributed by atoms with Crippen LogP contribution in [-0.2, 0) is 28.5 Å². The Hall–Kier alpha value is -1.82. The third-order valence-corrected chi connectivity index (χ3v) is 12.8. The zero-order chi connectivity index (χ0) is 47.3. The molecule has 1 rings (SSSR count). The Bertz CT molecular complexity index is 1110. The average molecular weight is 923 g/mol. The van der Waals surface area contributed by atoms with Gasteiger partial charge in [0.15, 0.2) is 12.4 Å². The second-order valence-electron chi connectivity index (χ2n) is 19.0. The molecule has 1 fully saturated rings. The molecule has 0 spiro atoms. The Balaban J connectivity index is 2.24. The van der Waals surface area contributed by atoms with Gasteiger partial charge in [0.2, 0.25) is 0 Å². The summed E-state index contributed by atoms with van der Waals surface area (Å²) in [6.45, 7) is 3.44. The number of aliphatic hydroxyl groups is 4. The molecule has 1 aliphatic rings. The SMILES string of the molecule is CCCCCCCCCCCCCCCC/C=C/CC/C=C/CCCC(=O)OC[C@@H](CO[C@H]1O[C@@H](CO)[C@@H](O)C(O)C1O)OC(=O)CCCCCCCCCCCCCCCCCCC. The van der Waals surface area contributed by atoms with Crippen molar-refractivity contribution < 1.29 is 49.0 Å². The van der Waals surface area contributed by atoms with Gasteiger partial charge in [0.25, 0.3) is 0 Å². The molecule has 0 bridgehead atoms. The molecular weight excluding hydrogens is 821 g/mol. The van der Waals surface area contributed by atoms with Crippen molar-refractivity contribution in [3.05, 3.63) is 24.3 Å². The molecule has 65 heavy (non-hydrogen) atoms. The Morgan fingerprint density at radius 3 is 1.29 bits per heavy atom. The Labute approximate surface area is 398 Å². The lowest BCUT2D eigenvalue weighted by atomic mass is 9.99. The number of carbonyl (C=O) groups is 2. The van der Waals surface area contributed by atoms with Crippen molar-refractivity contribution in [2.45, 2.75) is 295 Å². The average Bonchev–Trinajstić information content (AvgIpc) is 3.30. The summed E-state index contributed by atoms with van der Waals surface area (Å²) in [4.78, 5) is 25.5. The van der Waals surface area contributed by atoms with Crippen LogP contribution in [0.3, 0.4) is 0 Å². The molecule has 0 aromatic heterocycles. The van der Waals surface area contributed by atoms with Gasteiger partial charge in [-0.05, 0) is 44.9 Å². The first-order valence-corrected chi connectivity index (χ1v) is 27.4. The summed E-state index contributed by atoms with van der Waals surface area (Å²) >= 11 is 0. The van der Waals surface area contributed by atoms with Crippen LogP contribution in [0.1, 0.15) is 258 Å². The Kier molecular flexibility index (Phi) is 43.2. The van der Waals surface area contributed by atoms with E-state index in [4.69, 9.17) is 18.9 Å². The molecule has 0 aromatic carbocycles. The van der Waals surface area contributed by atoms with Crippen LogP contribution in [0.15, 0.2) is 24.3 Å². The first-order valence-electron chi connectivity index (χ1n) is 27.4. The molecule has 1 saturated heterocycles. The third kappa shape index (κ3) is 36.8. The van der Waals surface area contributed by atoms with Gasteiger partial charge in [-0.15, -0.1) is 0 Å². The molecule has 382 valence electrons. The van der Waals surface area contributed by atoms with E-state index >= 15 is 0 Å². The highest BCUT2D eigenvalue weighted by atomic mass is 16.7. The van der Waals surface area contributed by atoms with Gasteiger partial charge >= 0.3 is 11.9 Å².